The van der Waals surface area contributed by atoms with Crippen molar-refractivity contribution in [2.24, 2.45) is 11.7 Å². The van der Waals surface area contributed by atoms with Crippen LogP contribution in [0.3, 0.4) is 0 Å². The van der Waals surface area contributed by atoms with Gasteiger partial charge in [0.05, 0.1) is 10.7 Å². The van der Waals surface area contributed by atoms with Gasteiger partial charge in [-0.3, -0.25) is 0 Å². The highest BCUT2D eigenvalue weighted by Gasteiger charge is 2.09. The van der Waals surface area contributed by atoms with Crippen LogP contribution in [-0.4, -0.2) is 11.5 Å². The average Bonchev–Trinajstić information content (AvgIpc) is 2.80. The summed E-state index contributed by atoms with van der Waals surface area (Å²) in [5.41, 5.74) is 9.17. The second kappa shape index (κ2) is 5.95. The molecule has 0 fully saturated rings. The second-order valence-corrected chi connectivity index (χ2v) is 6.49. The van der Waals surface area contributed by atoms with E-state index < -0.39 is 0 Å². The summed E-state index contributed by atoms with van der Waals surface area (Å²) >= 11 is 5.23. The number of aromatic nitrogens is 1. The number of nitrogens with two attached hydrogens (primary N) is 1. The molecule has 0 saturated heterocycles. The molecule has 0 amide bonds. The Bertz CT molecular complexity index is 536. The first-order chi connectivity index (χ1) is 8.60. The fourth-order valence-corrected chi connectivity index (χ4v) is 3.10. The van der Waals surface area contributed by atoms with Crippen LogP contribution in [-0.2, 0) is 6.42 Å². The highest BCUT2D eigenvalue weighted by atomic mass is 79.9. The van der Waals surface area contributed by atoms with Gasteiger partial charge >= 0.3 is 0 Å². The van der Waals surface area contributed by atoms with Crippen molar-refractivity contribution in [2.75, 3.05) is 6.54 Å². The van der Waals surface area contributed by atoms with E-state index in [9.17, 15) is 0 Å². The Hall–Kier alpha value is -0.710. The largest absolute Gasteiger partial charge is 0.330 e. The molecule has 4 heteroatoms. The molecular weight excluding hydrogens is 308 g/mol. The summed E-state index contributed by atoms with van der Waals surface area (Å²) in [7, 11) is 0. The molecule has 1 unspecified atom stereocenters. The summed E-state index contributed by atoms with van der Waals surface area (Å²) < 4.78 is 1.09. The maximum absolute atomic E-state index is 5.65. The molecule has 0 radical (unpaired) electrons. The Morgan fingerprint density at radius 3 is 2.94 bits per heavy atom. The van der Waals surface area contributed by atoms with E-state index in [0.29, 0.717) is 12.5 Å². The second-order valence-electron chi connectivity index (χ2n) is 4.63. The third-order valence-electron chi connectivity index (χ3n) is 2.95. The van der Waals surface area contributed by atoms with E-state index in [4.69, 9.17) is 10.7 Å². The highest BCUT2D eigenvalue weighted by Crippen LogP contribution is 2.28. The molecule has 18 heavy (non-hydrogen) atoms. The first-order valence-electron chi connectivity index (χ1n) is 6.01. The van der Waals surface area contributed by atoms with Crippen molar-refractivity contribution in [3.63, 3.8) is 0 Å². The molecule has 0 spiro atoms. The van der Waals surface area contributed by atoms with Gasteiger partial charge < -0.3 is 5.73 Å². The smallest absolute Gasteiger partial charge is 0.0935 e. The number of rotatable bonds is 4. The van der Waals surface area contributed by atoms with E-state index in [-0.39, 0.29) is 0 Å². The third-order valence-corrected chi connectivity index (χ3v) is 4.32. The summed E-state index contributed by atoms with van der Waals surface area (Å²) in [6.07, 6.45) is 0.966. The summed E-state index contributed by atoms with van der Waals surface area (Å²) in [4.78, 5) is 4.71. The number of hydrogen-bond donors (Lipinski definition) is 1. The minimum Gasteiger partial charge on any atom is -0.330 e. The zero-order chi connectivity index (χ0) is 13.1. The molecule has 1 atom stereocenters. The molecule has 1 aromatic heterocycles. The van der Waals surface area contributed by atoms with E-state index >= 15 is 0 Å². The molecule has 0 aliphatic heterocycles. The van der Waals surface area contributed by atoms with Gasteiger partial charge in [-0.25, -0.2) is 4.98 Å². The molecule has 0 bridgehead atoms. The topological polar surface area (TPSA) is 38.9 Å². The summed E-state index contributed by atoms with van der Waals surface area (Å²) in [6.45, 7) is 4.99. The predicted molar refractivity (Wildman–Crippen MR) is 81.9 cm³/mol. The lowest BCUT2D eigenvalue weighted by Crippen LogP contribution is -2.12. The molecule has 1 aromatic carbocycles. The van der Waals surface area contributed by atoms with Gasteiger partial charge in [0.1, 0.15) is 0 Å². The highest BCUT2D eigenvalue weighted by molar-refractivity contribution is 9.10. The van der Waals surface area contributed by atoms with Crippen molar-refractivity contribution in [3.8, 4) is 11.3 Å². The standard InChI is InChI=1S/C14H17BrN2S/c1-9(7-16)5-14-17-13(8-18-14)12-6-11(15)4-3-10(12)2/h3-4,6,8-9H,5,7,16H2,1-2H3. The van der Waals surface area contributed by atoms with Gasteiger partial charge in [0.25, 0.3) is 0 Å². The molecule has 1 heterocycles. The maximum atomic E-state index is 5.65. The van der Waals surface area contributed by atoms with Crippen LogP contribution in [0, 0.1) is 12.8 Å². The van der Waals surface area contributed by atoms with E-state index in [1.807, 2.05) is 0 Å². The Kier molecular flexibility index (Phi) is 4.54. The van der Waals surface area contributed by atoms with Gasteiger partial charge in [-0.15, -0.1) is 11.3 Å². The van der Waals surface area contributed by atoms with E-state index in [1.54, 1.807) is 11.3 Å². The summed E-state index contributed by atoms with van der Waals surface area (Å²) in [5.74, 6) is 0.493. The average molecular weight is 325 g/mol. The van der Waals surface area contributed by atoms with Gasteiger partial charge in [-0.1, -0.05) is 28.9 Å². The Morgan fingerprint density at radius 2 is 2.22 bits per heavy atom. The molecule has 2 N–H and O–H groups in total. The Morgan fingerprint density at radius 1 is 1.44 bits per heavy atom. The number of aryl methyl sites for hydroxylation is 1. The fraction of sp³-hybridized carbons (Fsp3) is 0.357. The zero-order valence-corrected chi connectivity index (χ0v) is 13.0. The van der Waals surface area contributed by atoms with Gasteiger partial charge in [0, 0.05) is 21.8 Å². The van der Waals surface area contributed by atoms with Gasteiger partial charge in [0.15, 0.2) is 0 Å². The maximum Gasteiger partial charge on any atom is 0.0935 e. The van der Waals surface area contributed by atoms with Gasteiger partial charge in [-0.05, 0) is 37.1 Å². The molecule has 0 aliphatic carbocycles. The Balaban J connectivity index is 2.26. The normalized spacial score (nSPS) is 12.7. The third kappa shape index (κ3) is 3.19. The predicted octanol–water partition coefficient (Wildman–Crippen LogP) is 4.02. The van der Waals surface area contributed by atoms with Gasteiger partial charge in [0.2, 0.25) is 0 Å². The quantitative estimate of drug-likeness (QED) is 0.922. The zero-order valence-electron chi connectivity index (χ0n) is 10.6. The number of halogens is 1. The van der Waals surface area contributed by atoms with E-state index in [1.165, 1.54) is 16.1 Å². The SMILES string of the molecule is Cc1ccc(Br)cc1-c1csc(CC(C)CN)n1. The molecule has 96 valence electrons. The van der Waals surface area contributed by atoms with Crippen LogP contribution < -0.4 is 5.73 Å². The van der Waals surface area contributed by atoms with Crippen molar-refractivity contribution < 1.29 is 0 Å². The fourth-order valence-electron chi connectivity index (χ4n) is 1.78. The van der Waals surface area contributed by atoms with Crippen LogP contribution in [0.4, 0.5) is 0 Å². The lowest BCUT2D eigenvalue weighted by atomic mass is 10.1. The number of thiazole rings is 1. The van der Waals surface area contributed by atoms with E-state index in [0.717, 1.165) is 16.6 Å². The monoisotopic (exact) mass is 324 g/mol. The molecule has 2 aromatic rings. The van der Waals surface area contributed by atoms with Crippen molar-refractivity contribution in [1.82, 2.24) is 4.98 Å². The summed E-state index contributed by atoms with van der Waals surface area (Å²) in [6, 6.07) is 6.30. The van der Waals surface area contributed by atoms with Crippen molar-refractivity contribution >= 4 is 27.3 Å². The number of benzene rings is 1. The van der Waals surface area contributed by atoms with Crippen molar-refractivity contribution in [3.05, 3.63) is 38.6 Å². The minimum absolute atomic E-state index is 0.493. The lowest BCUT2D eigenvalue weighted by molar-refractivity contribution is 0.591. The molecule has 2 rings (SSSR count). The van der Waals surface area contributed by atoms with Crippen LogP contribution in [0.5, 0.6) is 0 Å². The van der Waals surface area contributed by atoms with Crippen LogP contribution >= 0.6 is 27.3 Å². The van der Waals surface area contributed by atoms with Crippen molar-refractivity contribution in [2.45, 2.75) is 20.3 Å². The number of hydrogen-bond acceptors (Lipinski definition) is 3. The lowest BCUT2D eigenvalue weighted by Gasteiger charge is -2.05. The first-order valence-corrected chi connectivity index (χ1v) is 7.68. The molecule has 2 nitrogen and oxygen atoms in total. The van der Waals surface area contributed by atoms with Crippen molar-refractivity contribution in [1.29, 1.82) is 0 Å². The minimum atomic E-state index is 0.493. The molecule has 0 saturated carbocycles. The van der Waals surface area contributed by atoms with Crippen LogP contribution in [0.2, 0.25) is 0 Å². The number of nitrogens with zero attached hydrogens (tertiary/aromatic N) is 1. The van der Waals surface area contributed by atoms with Gasteiger partial charge in [-0.2, -0.15) is 0 Å². The molecular formula is C14H17BrN2S. The summed E-state index contributed by atoms with van der Waals surface area (Å²) in [5, 5.41) is 3.30. The van der Waals surface area contributed by atoms with Crippen LogP contribution in [0.15, 0.2) is 28.1 Å². The Labute approximate surface area is 120 Å². The van der Waals surface area contributed by atoms with Crippen LogP contribution in [0.25, 0.3) is 11.3 Å². The molecule has 0 aliphatic rings. The first kappa shape index (κ1) is 13.7. The van der Waals surface area contributed by atoms with E-state index in [2.05, 4.69) is 53.4 Å². The van der Waals surface area contributed by atoms with Crippen LogP contribution in [0.1, 0.15) is 17.5 Å².